The summed E-state index contributed by atoms with van der Waals surface area (Å²) in [4.78, 5) is 103. The molecular weight excluding hydrogens is 1780 g/mol. The summed E-state index contributed by atoms with van der Waals surface area (Å²) in [5.74, 6) is 5.90. The van der Waals surface area contributed by atoms with Crippen LogP contribution in [0.2, 0.25) is 0 Å². The minimum Gasteiger partial charge on any atom is -0.432 e. The van der Waals surface area contributed by atoms with Crippen LogP contribution in [0, 0.1) is 0 Å². The highest BCUT2D eigenvalue weighted by atomic mass is 16.5. The van der Waals surface area contributed by atoms with Crippen molar-refractivity contribution in [1.82, 2.24) is 84.3 Å². The Balaban J connectivity index is 0.000000105. The Morgan fingerprint density at radius 3 is 1.06 bits per heavy atom. The molecule has 6 saturated heterocycles. The van der Waals surface area contributed by atoms with Crippen molar-refractivity contribution in [2.24, 2.45) is 0 Å². The second-order valence-corrected chi connectivity index (χ2v) is 37.7. The van der Waals surface area contributed by atoms with Gasteiger partial charge in [0, 0.05) is 165 Å². The number of likely N-dealkylation sites (tertiary alicyclic amines) is 1. The van der Waals surface area contributed by atoms with Crippen molar-refractivity contribution in [3.8, 4) is 45.6 Å². The number of allylic oxidation sites excluding steroid dienone is 4. The molecule has 10 aliphatic rings. The van der Waals surface area contributed by atoms with E-state index in [2.05, 4.69) is 204 Å². The number of furan rings is 4. The Kier molecular flexibility index (Phi) is 25.3. The van der Waals surface area contributed by atoms with Crippen LogP contribution >= 0.6 is 0 Å². The number of likely N-dealkylation sites (N-methyl/N-ethyl adjacent to an activating group) is 2. The molecule has 18 heterocycles. The van der Waals surface area contributed by atoms with Crippen LogP contribution in [0.15, 0.2) is 176 Å². The van der Waals surface area contributed by atoms with E-state index in [1.165, 1.54) is 74.7 Å². The van der Waals surface area contributed by atoms with Gasteiger partial charge in [0.1, 0.15) is 22.1 Å². The molecule has 31 nitrogen and oxygen atoms in total. The number of hydrogen-bond donors (Lipinski definition) is 0. The first kappa shape index (κ1) is 90.2. The van der Waals surface area contributed by atoms with Gasteiger partial charge in [-0.25, -0.2) is 59.8 Å². The molecule has 6 fully saturated rings. The van der Waals surface area contributed by atoms with Gasteiger partial charge in [0.25, 0.3) is 0 Å². The van der Waals surface area contributed by atoms with Gasteiger partial charge < -0.3 is 75.8 Å². The predicted molar refractivity (Wildman–Crippen MR) is 551 cm³/mol. The van der Waals surface area contributed by atoms with Crippen molar-refractivity contribution in [2.45, 2.75) is 58.0 Å². The molecular formula is C110H109N21O10. The number of piperazine rings is 1. The number of pyridine rings is 4. The fourth-order valence-electron chi connectivity index (χ4n) is 20.3. The average Bonchev–Trinajstić information content (AvgIpc) is 1.61. The van der Waals surface area contributed by atoms with E-state index in [0.29, 0.717) is 110 Å². The van der Waals surface area contributed by atoms with Crippen LogP contribution < -0.4 is 19.6 Å². The fourth-order valence-corrected chi connectivity index (χ4v) is 20.3. The lowest BCUT2D eigenvalue weighted by Gasteiger charge is -2.31. The van der Waals surface area contributed by atoms with E-state index in [1.807, 2.05) is 35.5 Å². The van der Waals surface area contributed by atoms with Gasteiger partial charge in [0.05, 0.1) is 74.4 Å². The van der Waals surface area contributed by atoms with Crippen LogP contribution in [0.1, 0.15) is 86.0 Å². The molecule has 714 valence electrons. The Hall–Kier alpha value is -14.7. The van der Waals surface area contributed by atoms with Crippen LogP contribution in [0.5, 0.6) is 0 Å². The van der Waals surface area contributed by atoms with Gasteiger partial charge >= 0.3 is 0 Å². The van der Waals surface area contributed by atoms with Crippen LogP contribution in [0.4, 0.5) is 23.3 Å². The third-order valence-corrected chi connectivity index (χ3v) is 27.7. The summed E-state index contributed by atoms with van der Waals surface area (Å²) in [5, 5.41) is 3.50. The first-order valence-electron chi connectivity index (χ1n) is 49.0. The van der Waals surface area contributed by atoms with Crippen molar-refractivity contribution in [2.75, 3.05) is 199 Å². The first-order chi connectivity index (χ1) is 69.2. The largest absolute Gasteiger partial charge is 0.432 e. The predicted octanol–water partition coefficient (Wildman–Crippen LogP) is 16.3. The third-order valence-electron chi connectivity index (χ3n) is 27.7. The van der Waals surface area contributed by atoms with E-state index in [0.717, 1.165) is 254 Å². The average molecular weight is 1890 g/mol. The molecule has 141 heavy (non-hydrogen) atoms. The van der Waals surface area contributed by atoms with Gasteiger partial charge in [0.15, 0.2) is 68.9 Å². The fraction of sp³-hybridized carbons (Fsp3) is 0.327. The third kappa shape index (κ3) is 18.5. The molecule has 2 amide bonds. The molecule has 0 N–H and O–H groups in total. The number of aromatic nitrogens is 12. The van der Waals surface area contributed by atoms with E-state index in [4.69, 9.17) is 81.5 Å². The summed E-state index contributed by atoms with van der Waals surface area (Å²) in [6.07, 6.45) is 39.1. The van der Waals surface area contributed by atoms with Crippen LogP contribution in [-0.2, 0) is 67.3 Å². The quantitative estimate of drug-likeness (QED) is 0.0811. The van der Waals surface area contributed by atoms with E-state index in [9.17, 15) is 9.59 Å². The van der Waals surface area contributed by atoms with Crippen molar-refractivity contribution < 1.29 is 46.2 Å². The number of morpholine rings is 4. The number of carbonyl (C=O) groups is 2. The minimum atomic E-state index is -0.0904. The molecule has 0 radical (unpaired) electrons. The number of fused-ring (bicyclic) bond motifs is 16. The number of amides is 2. The van der Waals surface area contributed by atoms with Crippen molar-refractivity contribution in [1.29, 1.82) is 0 Å². The topological polar surface area (TPSA) is 307 Å². The number of ether oxygens (including phenoxy) is 4. The maximum absolute atomic E-state index is 12.8. The highest BCUT2D eigenvalue weighted by Gasteiger charge is 2.33. The van der Waals surface area contributed by atoms with Crippen LogP contribution in [-0.4, -0.2) is 276 Å². The van der Waals surface area contributed by atoms with Crippen molar-refractivity contribution in [3.63, 3.8) is 0 Å². The number of carbonyl (C=O) groups excluding carboxylic acids is 2. The molecule has 0 atom stereocenters. The second kappa shape index (κ2) is 39.5. The Labute approximate surface area is 814 Å². The molecule has 12 aromatic heterocycles. The van der Waals surface area contributed by atoms with Crippen molar-refractivity contribution >= 4 is 160 Å². The van der Waals surface area contributed by atoms with Gasteiger partial charge in [0.2, 0.25) is 34.7 Å². The Morgan fingerprint density at radius 2 is 0.702 bits per heavy atom. The molecule has 0 saturated carbocycles. The smallest absolute Gasteiger partial charge is 0.246 e. The normalized spacial score (nSPS) is 17.0. The summed E-state index contributed by atoms with van der Waals surface area (Å²) in [5.41, 5.74) is 26.0. The molecule has 16 aromatic rings. The molecule has 4 aromatic carbocycles. The summed E-state index contributed by atoms with van der Waals surface area (Å²) in [6, 6.07) is 33.7. The number of nitrogens with zero attached hydrogens (tertiary/aromatic N) is 21. The lowest BCUT2D eigenvalue weighted by molar-refractivity contribution is -0.127. The van der Waals surface area contributed by atoms with Gasteiger partial charge in [-0.3, -0.25) is 14.5 Å². The Morgan fingerprint density at radius 1 is 0.369 bits per heavy atom. The maximum Gasteiger partial charge on any atom is 0.246 e. The zero-order valence-corrected chi connectivity index (χ0v) is 79.9. The van der Waals surface area contributed by atoms with Gasteiger partial charge in [-0.1, -0.05) is 128 Å². The molecule has 0 unspecified atom stereocenters. The van der Waals surface area contributed by atoms with E-state index in [-0.39, 0.29) is 11.8 Å². The second-order valence-electron chi connectivity index (χ2n) is 37.7. The van der Waals surface area contributed by atoms with E-state index in [1.54, 1.807) is 38.6 Å². The summed E-state index contributed by atoms with van der Waals surface area (Å²) in [7, 11) is 9.63. The summed E-state index contributed by atoms with van der Waals surface area (Å²) < 4.78 is 47.4. The number of piperidine rings is 1. The van der Waals surface area contributed by atoms with Crippen molar-refractivity contribution in [3.05, 3.63) is 225 Å². The monoisotopic (exact) mass is 1880 g/mol. The summed E-state index contributed by atoms with van der Waals surface area (Å²) >= 11 is 0. The standard InChI is InChI=1S/C30H30N6O3.C28H29N5O2.C27H25N5O3.C25H25N5O2/c1-34-10-12-35(13-11-34)25(37)9-8-20-18-24-26-27(39-30(24)31-19-20)29(36-14-16-38-17-15-36)33-28(32-26)23-7-3-5-21-4-2-6-22(21)23;1-2-10-32(11-3-1)18-19-16-23-24-25(35-28(23)29-17-19)27(33-12-14-34-15-13-33)31-26(30-24)22-9-5-7-20-6-4-8-21(20)22;1-31(2)22(33)10-9-17-15-21-23-24(35-27(21)28-16-17)26(32-11-13-34-14-12-32)30-25(29-23)20-8-4-6-18-5-3-7-19(18)20;1-29(2)15-16-13-20-21-22(32-25(20)26-14-16)24(30-9-11-31-12-10-30)28-23(27-21)19-8-4-6-17-5-3-7-18(17)19/h2-3,5-9,18-19H,4,10-17H2,1H3;4-5,7-9,16-17H,1-3,6,10-15,18H2;3-4,6-10,15-16H,5,11-14H2,1-2H3;3-4,6-8,13-14H,5,9-12,15H2,1-2H3/b9-8+;;10-9+;. The van der Waals surface area contributed by atoms with E-state index < -0.39 is 0 Å². The molecule has 0 spiro atoms. The van der Waals surface area contributed by atoms with Gasteiger partial charge in [-0.15, -0.1) is 0 Å². The molecule has 0 bridgehead atoms. The van der Waals surface area contributed by atoms with Gasteiger partial charge in [-0.2, -0.15) is 0 Å². The molecule has 6 aliphatic heterocycles. The first-order valence-corrected chi connectivity index (χ1v) is 49.0. The SMILES string of the molecule is C1=Cc2c(cccc2-c2nc(N3CCOCC3)c3oc4ncc(CN5CCCCC5)cc4c3n2)C1.CN(C)C(=O)/C=C/c1cnc2oc3c(N4CCOCC4)nc(-c4cccc5c4C=CC5)nc3c2c1.CN(C)Cc1cnc2oc3c(N4CCOCC4)nc(-c4cccc5c4C=CC5)nc3c2c1.CN1CCN(C(=O)/C=C/c2cnc3oc4c(N5CCOCC5)nc(-c5cccc6c5C=CC6)nc4c3c2)CC1. The molecule has 31 heteroatoms. The van der Waals surface area contributed by atoms with E-state index >= 15 is 0 Å². The molecule has 26 rings (SSSR count). The highest BCUT2D eigenvalue weighted by Crippen LogP contribution is 2.44. The van der Waals surface area contributed by atoms with Gasteiger partial charge in [-0.05, 0) is 176 Å². The minimum absolute atomic E-state index is 0.0189. The number of benzene rings is 4. The highest BCUT2D eigenvalue weighted by molar-refractivity contribution is 6.10. The Bertz CT molecular complexity index is 7720. The molecule has 4 aliphatic carbocycles. The van der Waals surface area contributed by atoms with Crippen LogP contribution in [0.3, 0.4) is 0 Å². The number of rotatable bonds is 16. The summed E-state index contributed by atoms with van der Waals surface area (Å²) in [6.45, 7) is 18.6. The zero-order valence-electron chi connectivity index (χ0n) is 79.9. The maximum atomic E-state index is 12.8. The lowest BCUT2D eigenvalue weighted by atomic mass is 10.0. The number of anilines is 4. The lowest BCUT2D eigenvalue weighted by Crippen LogP contribution is -2.46. The van der Waals surface area contributed by atoms with Crippen LogP contribution in [0.25, 0.3) is 171 Å². The zero-order chi connectivity index (χ0) is 95.1. The number of hydrogen-bond acceptors (Lipinski definition) is 29.